The van der Waals surface area contributed by atoms with E-state index in [1.807, 2.05) is 24.5 Å². The van der Waals surface area contributed by atoms with Crippen molar-refractivity contribution in [2.45, 2.75) is 45.6 Å². The average Bonchev–Trinajstić information content (AvgIpc) is 2.91. The number of aromatic carboxylic acids is 1. The Kier molecular flexibility index (Phi) is 3.58. The quantitative estimate of drug-likeness (QED) is 0.911. The van der Waals surface area contributed by atoms with E-state index in [1.165, 1.54) is 29.5 Å². The topological polar surface area (TPSA) is 42.2 Å². The fourth-order valence-electron chi connectivity index (χ4n) is 3.42. The molecule has 0 spiro atoms. The van der Waals surface area contributed by atoms with Crippen LogP contribution in [0, 0.1) is 0 Å². The highest BCUT2D eigenvalue weighted by atomic mass is 16.4. The van der Waals surface area contributed by atoms with Gasteiger partial charge in [0.15, 0.2) is 0 Å². The van der Waals surface area contributed by atoms with E-state index in [-0.39, 0.29) is 6.04 Å². The molecule has 1 aromatic carbocycles. The van der Waals surface area contributed by atoms with Crippen LogP contribution in [0.15, 0.2) is 30.3 Å². The highest BCUT2D eigenvalue weighted by molar-refractivity contribution is 5.88. The molecular weight excluding hydrogens is 262 g/mol. The van der Waals surface area contributed by atoms with Crippen LogP contribution in [-0.4, -0.2) is 15.6 Å². The van der Waals surface area contributed by atoms with Crippen LogP contribution in [0.5, 0.6) is 0 Å². The number of rotatable bonds is 3. The highest BCUT2D eigenvalue weighted by Crippen LogP contribution is 2.34. The maximum absolute atomic E-state index is 11.4. The van der Waals surface area contributed by atoms with E-state index in [0.29, 0.717) is 5.69 Å². The summed E-state index contributed by atoms with van der Waals surface area (Å²) in [6.07, 6.45) is 4.70. The predicted molar refractivity (Wildman–Crippen MR) is 83.9 cm³/mol. The molecule has 21 heavy (non-hydrogen) atoms. The molecular formula is C18H21NO2. The molecule has 3 heteroatoms. The van der Waals surface area contributed by atoms with Gasteiger partial charge in [-0.15, -0.1) is 0 Å². The van der Waals surface area contributed by atoms with Gasteiger partial charge in [-0.2, -0.15) is 0 Å². The summed E-state index contributed by atoms with van der Waals surface area (Å²) in [6, 6.07) is 10.2. The second-order valence-corrected chi connectivity index (χ2v) is 6.02. The average molecular weight is 283 g/mol. The van der Waals surface area contributed by atoms with Crippen molar-refractivity contribution in [3.05, 3.63) is 47.2 Å². The normalized spacial score (nSPS) is 14.2. The lowest BCUT2D eigenvalue weighted by molar-refractivity contribution is 0.0683. The summed E-state index contributed by atoms with van der Waals surface area (Å²) in [7, 11) is 0. The van der Waals surface area contributed by atoms with Crippen LogP contribution >= 0.6 is 0 Å². The minimum absolute atomic E-state index is 0.126. The standard InChI is InChI=1S/C18H21NO2/c1-12(2)19-16(10-11-17(19)18(20)21)15-9-5-7-13-6-3-4-8-14(13)15/h5,7,9-12H,3-4,6,8H2,1-2H3,(H,20,21). The number of hydrogen-bond donors (Lipinski definition) is 1. The molecule has 1 aliphatic rings. The Morgan fingerprint density at radius 1 is 1.14 bits per heavy atom. The van der Waals surface area contributed by atoms with Gasteiger partial charge in [0.2, 0.25) is 0 Å². The lowest BCUT2D eigenvalue weighted by Gasteiger charge is -2.22. The maximum atomic E-state index is 11.4. The lowest BCUT2D eigenvalue weighted by Crippen LogP contribution is -2.13. The van der Waals surface area contributed by atoms with Crippen LogP contribution in [-0.2, 0) is 12.8 Å². The lowest BCUT2D eigenvalue weighted by atomic mass is 9.87. The molecule has 0 amide bonds. The van der Waals surface area contributed by atoms with Crippen molar-refractivity contribution >= 4 is 5.97 Å². The van der Waals surface area contributed by atoms with Gasteiger partial charge in [0.1, 0.15) is 5.69 Å². The summed E-state index contributed by atoms with van der Waals surface area (Å²) in [5, 5.41) is 9.39. The molecule has 110 valence electrons. The number of carboxylic acid groups (broad SMARTS) is 1. The first-order valence-electron chi connectivity index (χ1n) is 7.65. The van der Waals surface area contributed by atoms with E-state index >= 15 is 0 Å². The van der Waals surface area contributed by atoms with Crippen molar-refractivity contribution in [1.82, 2.24) is 4.57 Å². The van der Waals surface area contributed by atoms with Crippen LogP contribution in [0.3, 0.4) is 0 Å². The molecule has 2 aromatic rings. The monoisotopic (exact) mass is 283 g/mol. The van der Waals surface area contributed by atoms with E-state index < -0.39 is 5.97 Å². The van der Waals surface area contributed by atoms with Gasteiger partial charge >= 0.3 is 5.97 Å². The number of carboxylic acids is 1. The second-order valence-electron chi connectivity index (χ2n) is 6.02. The third-order valence-corrected chi connectivity index (χ3v) is 4.33. The molecule has 0 atom stereocenters. The smallest absolute Gasteiger partial charge is 0.352 e. The molecule has 0 saturated carbocycles. The molecule has 1 aromatic heterocycles. The Balaban J connectivity index is 2.20. The third-order valence-electron chi connectivity index (χ3n) is 4.33. The van der Waals surface area contributed by atoms with Crippen molar-refractivity contribution in [3.63, 3.8) is 0 Å². The number of nitrogens with zero attached hydrogens (tertiary/aromatic N) is 1. The number of hydrogen-bond acceptors (Lipinski definition) is 1. The molecule has 0 fully saturated rings. The zero-order chi connectivity index (χ0) is 15.0. The highest BCUT2D eigenvalue weighted by Gasteiger charge is 2.21. The first kappa shape index (κ1) is 13.9. The molecule has 0 radical (unpaired) electrons. The fourth-order valence-corrected chi connectivity index (χ4v) is 3.42. The maximum Gasteiger partial charge on any atom is 0.352 e. The van der Waals surface area contributed by atoms with Crippen molar-refractivity contribution < 1.29 is 9.90 Å². The molecule has 0 bridgehead atoms. The van der Waals surface area contributed by atoms with E-state index in [1.54, 1.807) is 6.07 Å². The Labute approximate surface area is 125 Å². The Bertz CT molecular complexity index is 683. The zero-order valence-electron chi connectivity index (χ0n) is 12.6. The van der Waals surface area contributed by atoms with Gasteiger partial charge in [0.25, 0.3) is 0 Å². The summed E-state index contributed by atoms with van der Waals surface area (Å²) in [4.78, 5) is 11.4. The van der Waals surface area contributed by atoms with Crippen LogP contribution in [0.25, 0.3) is 11.3 Å². The van der Waals surface area contributed by atoms with Crippen LogP contribution in [0.2, 0.25) is 0 Å². The molecule has 1 aliphatic carbocycles. The van der Waals surface area contributed by atoms with E-state index in [0.717, 1.165) is 18.5 Å². The molecule has 0 saturated heterocycles. The minimum atomic E-state index is -0.861. The van der Waals surface area contributed by atoms with Gasteiger partial charge in [-0.25, -0.2) is 4.79 Å². The van der Waals surface area contributed by atoms with Crippen molar-refractivity contribution in [2.24, 2.45) is 0 Å². The Morgan fingerprint density at radius 2 is 1.90 bits per heavy atom. The number of carbonyl (C=O) groups is 1. The Hall–Kier alpha value is -2.03. The summed E-state index contributed by atoms with van der Waals surface area (Å²) in [5.41, 5.74) is 5.43. The number of benzene rings is 1. The molecule has 3 rings (SSSR count). The molecule has 0 aliphatic heterocycles. The number of aryl methyl sites for hydroxylation is 1. The minimum Gasteiger partial charge on any atom is -0.477 e. The van der Waals surface area contributed by atoms with Gasteiger partial charge < -0.3 is 9.67 Å². The largest absolute Gasteiger partial charge is 0.477 e. The summed E-state index contributed by atoms with van der Waals surface area (Å²) < 4.78 is 1.94. The van der Waals surface area contributed by atoms with E-state index in [4.69, 9.17) is 0 Å². The summed E-state index contributed by atoms with van der Waals surface area (Å²) in [5.74, 6) is -0.861. The van der Waals surface area contributed by atoms with Gasteiger partial charge in [-0.3, -0.25) is 0 Å². The third kappa shape index (κ3) is 2.37. The number of aromatic nitrogens is 1. The second kappa shape index (κ2) is 5.40. The molecule has 3 nitrogen and oxygen atoms in total. The summed E-state index contributed by atoms with van der Waals surface area (Å²) in [6.45, 7) is 4.07. The molecule has 1 N–H and O–H groups in total. The van der Waals surface area contributed by atoms with E-state index in [9.17, 15) is 9.90 Å². The predicted octanol–water partition coefficient (Wildman–Crippen LogP) is 4.31. The first-order valence-corrected chi connectivity index (χ1v) is 7.65. The van der Waals surface area contributed by atoms with Crippen LogP contribution < -0.4 is 0 Å². The van der Waals surface area contributed by atoms with Crippen molar-refractivity contribution in [1.29, 1.82) is 0 Å². The van der Waals surface area contributed by atoms with Gasteiger partial charge in [0.05, 0.1) is 0 Å². The SMILES string of the molecule is CC(C)n1c(C(=O)O)ccc1-c1cccc2c1CCCC2. The van der Waals surface area contributed by atoms with Crippen molar-refractivity contribution in [3.8, 4) is 11.3 Å². The first-order chi connectivity index (χ1) is 10.1. The van der Waals surface area contributed by atoms with E-state index in [2.05, 4.69) is 18.2 Å². The Morgan fingerprint density at radius 3 is 2.62 bits per heavy atom. The zero-order valence-corrected chi connectivity index (χ0v) is 12.6. The van der Waals surface area contributed by atoms with Gasteiger partial charge in [-0.05, 0) is 62.8 Å². The summed E-state index contributed by atoms with van der Waals surface area (Å²) >= 11 is 0. The van der Waals surface area contributed by atoms with Crippen molar-refractivity contribution in [2.75, 3.05) is 0 Å². The number of fused-ring (bicyclic) bond motifs is 1. The van der Waals surface area contributed by atoms with Crippen LogP contribution in [0.1, 0.15) is 54.3 Å². The van der Waals surface area contributed by atoms with Gasteiger partial charge in [0, 0.05) is 17.3 Å². The van der Waals surface area contributed by atoms with Gasteiger partial charge in [-0.1, -0.05) is 18.2 Å². The fraction of sp³-hybridized carbons (Fsp3) is 0.389. The van der Waals surface area contributed by atoms with Crippen LogP contribution in [0.4, 0.5) is 0 Å². The molecule has 0 unspecified atom stereocenters. The molecule has 1 heterocycles.